The van der Waals surface area contributed by atoms with Crippen molar-refractivity contribution in [1.29, 1.82) is 0 Å². The van der Waals surface area contributed by atoms with E-state index in [1.165, 1.54) is 30.5 Å². The normalized spacial score (nSPS) is 12.8. The van der Waals surface area contributed by atoms with Gasteiger partial charge in [0.05, 0.1) is 11.6 Å². The zero-order valence-corrected chi connectivity index (χ0v) is 17.3. The predicted octanol–water partition coefficient (Wildman–Crippen LogP) is 4.67. The van der Waals surface area contributed by atoms with Gasteiger partial charge < -0.3 is 5.32 Å². The second kappa shape index (κ2) is 9.89. The summed E-state index contributed by atoms with van der Waals surface area (Å²) in [7, 11) is 0. The van der Waals surface area contributed by atoms with E-state index >= 15 is 0 Å². The Morgan fingerprint density at radius 3 is 2.10 bits per heavy atom. The molecule has 1 heterocycles. The summed E-state index contributed by atoms with van der Waals surface area (Å²) < 4.78 is 13.4. The zero-order valence-electron chi connectivity index (χ0n) is 17.3. The maximum atomic E-state index is 13.5. The fourth-order valence-corrected chi connectivity index (χ4v) is 3.36. The number of halogens is 1. The molecule has 31 heavy (non-hydrogen) atoms. The zero-order chi connectivity index (χ0) is 22.4. The second-order valence-corrected chi connectivity index (χ2v) is 7.49. The molecule has 0 aliphatic rings. The van der Waals surface area contributed by atoms with Crippen LogP contribution in [0.3, 0.4) is 0 Å². The summed E-state index contributed by atoms with van der Waals surface area (Å²) >= 11 is 0. The van der Waals surface area contributed by atoms with Gasteiger partial charge in [-0.2, -0.15) is 0 Å². The van der Waals surface area contributed by atoms with Crippen LogP contribution in [0.25, 0.3) is 0 Å². The predicted molar refractivity (Wildman–Crippen MR) is 116 cm³/mol. The van der Waals surface area contributed by atoms with Gasteiger partial charge in [0.1, 0.15) is 17.5 Å². The van der Waals surface area contributed by atoms with E-state index in [0.29, 0.717) is 11.4 Å². The molecular formula is C25H23FN2O3. The molecule has 0 fully saturated rings. The number of benzene rings is 2. The molecule has 3 aromatic rings. The van der Waals surface area contributed by atoms with Gasteiger partial charge in [0, 0.05) is 23.4 Å². The average Bonchev–Trinajstić information content (AvgIpc) is 2.78. The molecule has 1 amide bonds. The van der Waals surface area contributed by atoms with Crippen molar-refractivity contribution >= 4 is 23.2 Å². The fraction of sp³-hybridized carbons (Fsp3) is 0.200. The van der Waals surface area contributed by atoms with Crippen LogP contribution in [0.4, 0.5) is 10.1 Å². The van der Waals surface area contributed by atoms with E-state index in [2.05, 4.69) is 10.3 Å². The number of carbonyl (C=O) groups excluding carboxylic acids is 3. The third-order valence-corrected chi connectivity index (χ3v) is 4.95. The average molecular weight is 418 g/mol. The largest absolute Gasteiger partial charge is 0.325 e. The minimum atomic E-state index is -1.30. The van der Waals surface area contributed by atoms with Gasteiger partial charge in [-0.05, 0) is 48.5 Å². The molecule has 0 saturated heterocycles. The van der Waals surface area contributed by atoms with Crippen LogP contribution in [0, 0.1) is 17.7 Å². The highest BCUT2D eigenvalue weighted by atomic mass is 19.1. The van der Waals surface area contributed by atoms with Crippen LogP contribution >= 0.6 is 0 Å². The Balaban J connectivity index is 2.08. The summed E-state index contributed by atoms with van der Waals surface area (Å²) in [5, 5.41) is 2.74. The molecule has 0 saturated carbocycles. The molecule has 0 radical (unpaired) electrons. The van der Waals surface area contributed by atoms with E-state index in [4.69, 9.17) is 0 Å². The molecule has 2 atom stereocenters. The number of rotatable bonds is 8. The van der Waals surface area contributed by atoms with Crippen LogP contribution in [-0.2, 0) is 9.59 Å². The number of pyridine rings is 1. The molecule has 0 spiro atoms. The minimum Gasteiger partial charge on any atom is -0.325 e. The molecule has 5 nitrogen and oxygen atoms in total. The quantitative estimate of drug-likeness (QED) is 0.426. The van der Waals surface area contributed by atoms with Gasteiger partial charge in [0.25, 0.3) is 0 Å². The summed E-state index contributed by atoms with van der Waals surface area (Å²) in [4.78, 5) is 44.2. The van der Waals surface area contributed by atoms with Crippen molar-refractivity contribution in [2.45, 2.75) is 19.8 Å². The highest BCUT2D eigenvalue weighted by molar-refractivity contribution is 6.14. The SMILES string of the molecule is CC(C)C(=O)C(C(=O)Nc1ccccc1)C(C(=O)c1ccc(F)cc1)c1ccccn1. The Kier molecular flexibility index (Phi) is 7.03. The molecular weight excluding hydrogens is 395 g/mol. The molecule has 1 aromatic heterocycles. The van der Waals surface area contributed by atoms with Crippen molar-refractivity contribution < 1.29 is 18.8 Å². The van der Waals surface area contributed by atoms with E-state index in [1.54, 1.807) is 62.4 Å². The highest BCUT2D eigenvalue weighted by Gasteiger charge is 2.42. The van der Waals surface area contributed by atoms with E-state index in [1.807, 2.05) is 0 Å². The van der Waals surface area contributed by atoms with Crippen LogP contribution in [0.15, 0.2) is 79.0 Å². The third kappa shape index (κ3) is 5.28. The minimum absolute atomic E-state index is 0.200. The van der Waals surface area contributed by atoms with Crippen molar-refractivity contribution in [3.8, 4) is 0 Å². The van der Waals surface area contributed by atoms with Gasteiger partial charge in [0.2, 0.25) is 5.91 Å². The number of nitrogens with one attached hydrogen (secondary N) is 1. The van der Waals surface area contributed by atoms with Gasteiger partial charge >= 0.3 is 0 Å². The first-order valence-electron chi connectivity index (χ1n) is 9.99. The fourth-order valence-electron chi connectivity index (χ4n) is 3.36. The molecule has 0 aliphatic carbocycles. The molecule has 0 aliphatic heterocycles. The number of hydrogen-bond donors (Lipinski definition) is 1. The van der Waals surface area contributed by atoms with Crippen molar-refractivity contribution in [1.82, 2.24) is 4.98 Å². The van der Waals surface area contributed by atoms with E-state index in [9.17, 15) is 18.8 Å². The summed E-state index contributed by atoms with van der Waals surface area (Å²) in [6.45, 7) is 3.37. The number of ketones is 2. The van der Waals surface area contributed by atoms with Crippen LogP contribution in [-0.4, -0.2) is 22.5 Å². The Morgan fingerprint density at radius 2 is 1.52 bits per heavy atom. The number of amides is 1. The molecule has 158 valence electrons. The van der Waals surface area contributed by atoms with E-state index in [0.717, 1.165) is 0 Å². The Labute approximate surface area is 180 Å². The topological polar surface area (TPSA) is 76.1 Å². The van der Waals surface area contributed by atoms with Crippen LogP contribution < -0.4 is 5.32 Å². The van der Waals surface area contributed by atoms with E-state index < -0.39 is 35.3 Å². The first-order valence-corrected chi connectivity index (χ1v) is 9.99. The lowest BCUT2D eigenvalue weighted by Crippen LogP contribution is -2.40. The Morgan fingerprint density at radius 1 is 0.871 bits per heavy atom. The van der Waals surface area contributed by atoms with Crippen LogP contribution in [0.1, 0.15) is 35.8 Å². The van der Waals surface area contributed by atoms with Crippen molar-refractivity contribution in [2.75, 3.05) is 5.32 Å². The number of Topliss-reactive ketones (excluding diaryl/α,β-unsaturated/α-hetero) is 2. The summed E-state index contributed by atoms with van der Waals surface area (Å²) in [6.07, 6.45) is 1.51. The van der Waals surface area contributed by atoms with Gasteiger partial charge in [-0.25, -0.2) is 4.39 Å². The van der Waals surface area contributed by atoms with Gasteiger partial charge in [-0.1, -0.05) is 38.1 Å². The van der Waals surface area contributed by atoms with E-state index in [-0.39, 0.29) is 11.3 Å². The number of nitrogens with zero attached hydrogens (tertiary/aromatic N) is 1. The Bertz CT molecular complexity index is 1050. The number of para-hydroxylation sites is 1. The molecule has 2 unspecified atom stereocenters. The van der Waals surface area contributed by atoms with Gasteiger partial charge in [-0.3, -0.25) is 19.4 Å². The number of aromatic nitrogens is 1. The smallest absolute Gasteiger partial charge is 0.236 e. The maximum Gasteiger partial charge on any atom is 0.236 e. The third-order valence-electron chi connectivity index (χ3n) is 4.95. The Hall–Kier alpha value is -3.67. The summed E-state index contributed by atoms with van der Waals surface area (Å²) in [5.41, 5.74) is 1.02. The van der Waals surface area contributed by atoms with Crippen molar-refractivity contribution in [3.05, 3.63) is 96.1 Å². The first kappa shape index (κ1) is 22.0. The van der Waals surface area contributed by atoms with Gasteiger partial charge in [0.15, 0.2) is 5.78 Å². The lowest BCUT2D eigenvalue weighted by Gasteiger charge is -2.25. The second-order valence-electron chi connectivity index (χ2n) is 7.49. The number of anilines is 1. The van der Waals surface area contributed by atoms with Crippen LogP contribution in [0.2, 0.25) is 0 Å². The maximum absolute atomic E-state index is 13.5. The van der Waals surface area contributed by atoms with Crippen molar-refractivity contribution in [3.63, 3.8) is 0 Å². The van der Waals surface area contributed by atoms with Crippen molar-refractivity contribution in [2.24, 2.45) is 11.8 Å². The van der Waals surface area contributed by atoms with Crippen LogP contribution in [0.5, 0.6) is 0 Å². The molecule has 3 rings (SSSR count). The number of hydrogen-bond acceptors (Lipinski definition) is 4. The molecule has 0 bridgehead atoms. The summed E-state index contributed by atoms with van der Waals surface area (Å²) in [6, 6.07) is 18.8. The monoisotopic (exact) mass is 418 g/mol. The lowest BCUT2D eigenvalue weighted by molar-refractivity contribution is -0.133. The standard InChI is InChI=1S/C25H23FN2O3/c1-16(2)23(29)22(25(31)28-19-8-4-3-5-9-19)21(20-10-6-7-15-27-20)24(30)17-11-13-18(26)14-12-17/h3-16,21-22H,1-2H3,(H,28,31). The molecule has 6 heteroatoms. The first-order chi connectivity index (χ1) is 14.9. The number of carbonyl (C=O) groups is 3. The summed E-state index contributed by atoms with van der Waals surface area (Å²) in [5.74, 6) is -4.85. The van der Waals surface area contributed by atoms with Gasteiger partial charge in [-0.15, -0.1) is 0 Å². The highest BCUT2D eigenvalue weighted by Crippen LogP contribution is 2.31. The molecule has 1 N–H and O–H groups in total. The molecule has 2 aromatic carbocycles. The lowest BCUT2D eigenvalue weighted by atomic mass is 9.77.